The van der Waals surface area contributed by atoms with E-state index in [2.05, 4.69) is 10.6 Å². The normalized spacial score (nSPS) is 10.2. The minimum atomic E-state index is -0.815. The van der Waals surface area contributed by atoms with Crippen molar-refractivity contribution < 1.29 is 23.8 Å². The van der Waals surface area contributed by atoms with Crippen molar-refractivity contribution in [3.63, 3.8) is 0 Å². The number of guanidine groups is 2. The number of carbonyl (C=O) groups is 2. The molecule has 0 bridgehead atoms. The van der Waals surface area contributed by atoms with Crippen LogP contribution >= 0.6 is 0 Å². The SMILES string of the molecule is COC/C=C/C(=O)OCc1ccc(COC(=O)NC(=N)NC(=N)N(C)C)cc1. The summed E-state index contributed by atoms with van der Waals surface area (Å²) in [6, 6.07) is 6.99. The van der Waals surface area contributed by atoms with E-state index in [0.717, 1.165) is 11.1 Å². The van der Waals surface area contributed by atoms with Gasteiger partial charge >= 0.3 is 12.1 Å². The first-order valence-electron chi connectivity index (χ1n) is 8.27. The Hall–Kier alpha value is -3.40. The fourth-order valence-electron chi connectivity index (χ4n) is 1.72. The first-order valence-corrected chi connectivity index (χ1v) is 8.27. The molecule has 28 heavy (non-hydrogen) atoms. The minimum absolute atomic E-state index is 0.00403. The Morgan fingerprint density at radius 3 is 2.14 bits per heavy atom. The first-order chi connectivity index (χ1) is 13.3. The Labute approximate surface area is 163 Å². The van der Waals surface area contributed by atoms with Crippen LogP contribution in [0.5, 0.6) is 0 Å². The van der Waals surface area contributed by atoms with Crippen molar-refractivity contribution in [3.05, 3.63) is 47.5 Å². The second-order valence-corrected chi connectivity index (χ2v) is 5.73. The van der Waals surface area contributed by atoms with Crippen LogP contribution in [-0.4, -0.2) is 56.7 Å². The van der Waals surface area contributed by atoms with Gasteiger partial charge in [-0.15, -0.1) is 0 Å². The molecule has 0 aromatic heterocycles. The van der Waals surface area contributed by atoms with E-state index in [-0.39, 0.29) is 25.1 Å². The Morgan fingerprint density at radius 1 is 1.04 bits per heavy atom. The van der Waals surface area contributed by atoms with Crippen molar-refractivity contribution in [2.75, 3.05) is 27.8 Å². The van der Waals surface area contributed by atoms with Crippen LogP contribution in [0.25, 0.3) is 0 Å². The van der Waals surface area contributed by atoms with Crippen LogP contribution < -0.4 is 10.6 Å². The molecule has 0 saturated carbocycles. The lowest BCUT2D eigenvalue weighted by molar-refractivity contribution is -0.139. The molecule has 1 rings (SSSR count). The number of amides is 1. The van der Waals surface area contributed by atoms with Gasteiger partial charge in [0.05, 0.1) is 6.61 Å². The van der Waals surface area contributed by atoms with Crippen LogP contribution in [0.15, 0.2) is 36.4 Å². The van der Waals surface area contributed by atoms with E-state index in [1.807, 2.05) is 0 Å². The molecule has 4 N–H and O–H groups in total. The molecule has 10 nitrogen and oxygen atoms in total. The standard InChI is InChI=1S/C18H25N5O5/c1-23(2)17(20)21-16(19)22-18(25)28-12-14-8-6-13(7-9-14)11-27-15(24)5-4-10-26-3/h4-9H,10-12H2,1-3H3,(H4,19,20,21,22,25)/b5-4+. The van der Waals surface area contributed by atoms with E-state index in [4.69, 9.17) is 25.0 Å². The molecule has 0 saturated heterocycles. The van der Waals surface area contributed by atoms with Crippen LogP contribution in [0.4, 0.5) is 4.79 Å². The average Bonchev–Trinajstić information content (AvgIpc) is 2.65. The Morgan fingerprint density at radius 2 is 1.61 bits per heavy atom. The maximum Gasteiger partial charge on any atom is 0.414 e. The maximum absolute atomic E-state index is 11.7. The summed E-state index contributed by atoms with van der Waals surface area (Å²) in [6.45, 7) is 0.466. The molecule has 0 aliphatic rings. The van der Waals surface area contributed by atoms with Gasteiger partial charge in [-0.25, -0.2) is 9.59 Å². The van der Waals surface area contributed by atoms with Gasteiger partial charge < -0.3 is 19.1 Å². The highest BCUT2D eigenvalue weighted by molar-refractivity contribution is 6.01. The van der Waals surface area contributed by atoms with Gasteiger partial charge in [0.2, 0.25) is 5.96 Å². The summed E-state index contributed by atoms with van der Waals surface area (Å²) in [6.07, 6.45) is 2.05. The van der Waals surface area contributed by atoms with Gasteiger partial charge in [0.1, 0.15) is 13.2 Å². The summed E-state index contributed by atoms with van der Waals surface area (Å²) in [7, 11) is 4.79. The Bertz CT molecular complexity index is 716. The van der Waals surface area contributed by atoms with Gasteiger partial charge in [-0.05, 0) is 11.1 Å². The van der Waals surface area contributed by atoms with E-state index < -0.39 is 12.1 Å². The number of hydrogen-bond donors (Lipinski definition) is 4. The number of esters is 1. The molecule has 1 amide bonds. The fourth-order valence-corrected chi connectivity index (χ4v) is 1.72. The van der Waals surface area contributed by atoms with Crippen molar-refractivity contribution in [3.8, 4) is 0 Å². The molecule has 0 atom stereocenters. The number of methoxy groups -OCH3 is 1. The monoisotopic (exact) mass is 391 g/mol. The van der Waals surface area contributed by atoms with Crippen LogP contribution in [-0.2, 0) is 32.2 Å². The highest BCUT2D eigenvalue weighted by Gasteiger charge is 2.08. The van der Waals surface area contributed by atoms with E-state index >= 15 is 0 Å². The highest BCUT2D eigenvalue weighted by atomic mass is 16.5. The second-order valence-electron chi connectivity index (χ2n) is 5.73. The number of benzene rings is 1. The summed E-state index contributed by atoms with van der Waals surface area (Å²) in [5, 5.41) is 19.6. The van der Waals surface area contributed by atoms with Crippen molar-refractivity contribution in [2.24, 2.45) is 0 Å². The molecule has 0 heterocycles. The van der Waals surface area contributed by atoms with E-state index in [1.165, 1.54) is 18.1 Å². The molecule has 0 aliphatic carbocycles. The molecule has 152 valence electrons. The third-order valence-corrected chi connectivity index (χ3v) is 3.21. The molecule has 0 spiro atoms. The Balaban J connectivity index is 2.36. The van der Waals surface area contributed by atoms with Gasteiger partial charge in [0.15, 0.2) is 5.96 Å². The van der Waals surface area contributed by atoms with E-state index in [0.29, 0.717) is 6.61 Å². The zero-order chi connectivity index (χ0) is 20.9. The van der Waals surface area contributed by atoms with Gasteiger partial charge in [-0.2, -0.15) is 0 Å². The molecule has 0 unspecified atom stereocenters. The minimum Gasteiger partial charge on any atom is -0.458 e. The summed E-state index contributed by atoms with van der Waals surface area (Å²) >= 11 is 0. The number of hydrogen-bond acceptors (Lipinski definition) is 7. The van der Waals surface area contributed by atoms with Gasteiger partial charge in [0.25, 0.3) is 0 Å². The molecule has 0 aliphatic heterocycles. The van der Waals surface area contributed by atoms with Gasteiger partial charge in [0, 0.05) is 27.3 Å². The zero-order valence-electron chi connectivity index (χ0n) is 16.1. The lowest BCUT2D eigenvalue weighted by Gasteiger charge is -2.16. The summed E-state index contributed by atoms with van der Waals surface area (Å²) < 4.78 is 14.9. The smallest absolute Gasteiger partial charge is 0.414 e. The van der Waals surface area contributed by atoms with Crippen molar-refractivity contribution in [2.45, 2.75) is 13.2 Å². The summed E-state index contributed by atoms with van der Waals surface area (Å²) in [5.74, 6) is -0.865. The van der Waals surface area contributed by atoms with Crippen LogP contribution in [0.2, 0.25) is 0 Å². The second kappa shape index (κ2) is 12.1. The molecule has 10 heteroatoms. The maximum atomic E-state index is 11.7. The van der Waals surface area contributed by atoms with Crippen molar-refractivity contribution >= 4 is 24.0 Å². The predicted octanol–water partition coefficient (Wildman–Crippen LogP) is 1.18. The highest BCUT2D eigenvalue weighted by Crippen LogP contribution is 2.07. The van der Waals surface area contributed by atoms with E-state index in [1.54, 1.807) is 44.4 Å². The lowest BCUT2D eigenvalue weighted by Crippen LogP contribution is -2.47. The van der Waals surface area contributed by atoms with Crippen molar-refractivity contribution in [1.29, 1.82) is 10.8 Å². The zero-order valence-corrected chi connectivity index (χ0v) is 16.1. The molecule has 0 radical (unpaired) electrons. The predicted molar refractivity (Wildman–Crippen MR) is 103 cm³/mol. The molecule has 1 aromatic rings. The third-order valence-electron chi connectivity index (χ3n) is 3.21. The quantitative estimate of drug-likeness (QED) is 0.237. The molecule has 1 aromatic carbocycles. The van der Waals surface area contributed by atoms with Gasteiger partial charge in [-0.3, -0.25) is 21.5 Å². The summed E-state index contributed by atoms with van der Waals surface area (Å²) in [4.78, 5) is 24.6. The van der Waals surface area contributed by atoms with Crippen molar-refractivity contribution in [1.82, 2.24) is 15.5 Å². The number of rotatable bonds is 7. The largest absolute Gasteiger partial charge is 0.458 e. The topological polar surface area (TPSA) is 137 Å². The number of alkyl carbamates (subject to hydrolysis) is 1. The first kappa shape index (κ1) is 22.6. The van der Waals surface area contributed by atoms with Crippen LogP contribution in [0.1, 0.15) is 11.1 Å². The van der Waals surface area contributed by atoms with Gasteiger partial charge in [-0.1, -0.05) is 30.3 Å². The molecular weight excluding hydrogens is 366 g/mol. The molecule has 0 fully saturated rings. The average molecular weight is 391 g/mol. The number of ether oxygens (including phenoxy) is 3. The third kappa shape index (κ3) is 9.34. The number of carbonyl (C=O) groups excluding carboxylic acids is 2. The molecular formula is C18H25N5O5. The number of nitrogens with zero attached hydrogens (tertiary/aromatic N) is 1. The Kier molecular flexibility index (Phi) is 9.76. The summed E-state index contributed by atoms with van der Waals surface area (Å²) in [5.41, 5.74) is 1.51. The van der Waals surface area contributed by atoms with Crippen LogP contribution in [0.3, 0.4) is 0 Å². The fraction of sp³-hybridized carbons (Fsp3) is 0.333. The lowest BCUT2D eigenvalue weighted by atomic mass is 10.1. The number of nitrogens with one attached hydrogen (secondary N) is 4. The van der Waals surface area contributed by atoms with Crippen LogP contribution in [0, 0.1) is 10.8 Å². The van der Waals surface area contributed by atoms with E-state index in [9.17, 15) is 9.59 Å².